The van der Waals surface area contributed by atoms with Gasteiger partial charge in [-0.15, -0.1) is 0 Å². The molecule has 0 bridgehead atoms. The van der Waals surface area contributed by atoms with E-state index in [-0.39, 0.29) is 0 Å². The molecule has 144 valence electrons. The Morgan fingerprint density at radius 3 is 1.97 bits per heavy atom. The smallest absolute Gasteiger partial charge is 0.129 e. The number of nitrogens with zero attached hydrogens (tertiary/aromatic N) is 2. The zero-order valence-corrected chi connectivity index (χ0v) is 17.0. The monoisotopic (exact) mass is 378 g/mol. The van der Waals surface area contributed by atoms with Gasteiger partial charge in [0.1, 0.15) is 5.82 Å². The van der Waals surface area contributed by atoms with E-state index in [0.717, 1.165) is 55.7 Å². The highest BCUT2D eigenvalue weighted by molar-refractivity contribution is 5.61. The molecule has 0 unspecified atom stereocenters. The topological polar surface area (TPSA) is 25.8 Å². The summed E-state index contributed by atoms with van der Waals surface area (Å²) in [5.41, 5.74) is 10.6. The van der Waals surface area contributed by atoms with Crippen molar-refractivity contribution in [2.24, 2.45) is 0 Å². The summed E-state index contributed by atoms with van der Waals surface area (Å²) in [6.45, 7) is 2.08. The summed E-state index contributed by atoms with van der Waals surface area (Å²) in [5, 5.41) is 0. The van der Waals surface area contributed by atoms with Crippen molar-refractivity contribution in [2.45, 2.75) is 45.4 Å². The molecule has 1 aromatic heterocycles. The van der Waals surface area contributed by atoms with E-state index in [4.69, 9.17) is 4.98 Å². The Kier molecular flexibility index (Phi) is 4.85. The number of fused-ring (bicyclic) bond motifs is 2. The predicted octanol–water partition coefficient (Wildman–Crippen LogP) is 5.49. The number of hydrogen-bond acceptors (Lipinski definition) is 2. The molecule has 3 aromatic rings. The van der Waals surface area contributed by atoms with Gasteiger partial charge in [-0.05, 0) is 78.5 Å². The number of aromatic nitrogens is 2. The van der Waals surface area contributed by atoms with Gasteiger partial charge in [0.2, 0.25) is 0 Å². The maximum absolute atomic E-state index is 4.87. The molecule has 0 N–H and O–H groups in total. The molecule has 2 nitrogen and oxygen atoms in total. The predicted molar refractivity (Wildman–Crippen MR) is 120 cm³/mol. The Morgan fingerprint density at radius 1 is 0.690 bits per heavy atom. The molecule has 0 fully saturated rings. The lowest BCUT2D eigenvalue weighted by molar-refractivity contribution is 0.803. The fourth-order valence-electron chi connectivity index (χ4n) is 4.38. The van der Waals surface area contributed by atoms with Crippen molar-refractivity contribution in [1.29, 1.82) is 0 Å². The van der Waals surface area contributed by atoms with Crippen molar-refractivity contribution in [3.05, 3.63) is 105 Å². The highest BCUT2D eigenvalue weighted by Crippen LogP contribution is 2.22. The van der Waals surface area contributed by atoms with E-state index in [1.54, 1.807) is 0 Å². The first-order valence-electron chi connectivity index (χ1n) is 10.6. The Hall–Kier alpha value is -3.00. The minimum Gasteiger partial charge on any atom is -0.238 e. The molecule has 0 aliphatic heterocycles. The van der Waals surface area contributed by atoms with Crippen molar-refractivity contribution in [1.82, 2.24) is 9.97 Å². The zero-order valence-electron chi connectivity index (χ0n) is 17.0. The van der Waals surface area contributed by atoms with Crippen LogP contribution in [-0.4, -0.2) is 9.97 Å². The van der Waals surface area contributed by atoms with Crippen LogP contribution in [0.1, 0.15) is 50.6 Å². The van der Waals surface area contributed by atoms with Crippen LogP contribution >= 0.6 is 0 Å². The Morgan fingerprint density at radius 2 is 1.31 bits per heavy atom. The van der Waals surface area contributed by atoms with Crippen LogP contribution < -0.4 is 0 Å². The van der Waals surface area contributed by atoms with Crippen molar-refractivity contribution in [2.75, 3.05) is 0 Å². The lowest BCUT2D eigenvalue weighted by atomic mass is 10.0. The normalized spacial score (nSPS) is 13.7. The molecular formula is C27H26N2. The van der Waals surface area contributed by atoms with Crippen LogP contribution in [0.3, 0.4) is 0 Å². The van der Waals surface area contributed by atoms with Crippen molar-refractivity contribution in [3.8, 4) is 0 Å². The van der Waals surface area contributed by atoms with E-state index < -0.39 is 0 Å². The van der Waals surface area contributed by atoms with Crippen molar-refractivity contribution >= 4 is 12.2 Å². The molecule has 2 aliphatic carbocycles. The van der Waals surface area contributed by atoms with Crippen LogP contribution in [0.2, 0.25) is 0 Å². The van der Waals surface area contributed by atoms with E-state index in [9.17, 15) is 0 Å². The van der Waals surface area contributed by atoms with Crippen LogP contribution in [0.15, 0.2) is 54.6 Å². The maximum atomic E-state index is 4.87. The average molecular weight is 379 g/mol. The van der Waals surface area contributed by atoms with Gasteiger partial charge >= 0.3 is 0 Å². The molecule has 0 radical (unpaired) electrons. The van der Waals surface area contributed by atoms with Gasteiger partial charge in [-0.1, -0.05) is 60.7 Å². The van der Waals surface area contributed by atoms with Crippen LogP contribution in [-0.2, 0) is 38.5 Å². The number of benzene rings is 2. The second-order valence-electron chi connectivity index (χ2n) is 8.20. The minimum absolute atomic E-state index is 0.890. The first-order valence-corrected chi connectivity index (χ1v) is 10.6. The highest BCUT2D eigenvalue weighted by Gasteiger charge is 2.09. The van der Waals surface area contributed by atoms with Gasteiger partial charge in [-0.2, -0.15) is 0 Å². The summed E-state index contributed by atoms with van der Waals surface area (Å²) in [4.78, 5) is 9.56. The summed E-state index contributed by atoms with van der Waals surface area (Å²) in [7, 11) is 0. The lowest BCUT2D eigenvalue weighted by Crippen LogP contribution is -2.05. The standard InChI is InChI=1S/C27H26N2/c1-19-16-26(14-10-20-8-12-22-4-2-6-24(22)17-20)29-27(28-19)15-11-21-9-13-23-5-3-7-25(23)18-21/h2-3,6-9,12-13,16-18H,4-5,10-11,14-15H2,1H3. The molecule has 2 aliphatic rings. The van der Waals surface area contributed by atoms with Gasteiger partial charge in [-0.3, -0.25) is 0 Å². The van der Waals surface area contributed by atoms with E-state index in [1.165, 1.54) is 33.4 Å². The van der Waals surface area contributed by atoms with E-state index >= 15 is 0 Å². The SMILES string of the molecule is Cc1cc(CCc2ccc3c(c2)C=CC3)nc(CCc2ccc3c(c2)C=CC3)n1. The Labute approximate surface area is 173 Å². The third-order valence-electron chi connectivity index (χ3n) is 5.95. The second kappa shape index (κ2) is 7.79. The van der Waals surface area contributed by atoms with Crippen molar-refractivity contribution in [3.63, 3.8) is 0 Å². The van der Waals surface area contributed by atoms with E-state index in [1.807, 2.05) is 0 Å². The van der Waals surface area contributed by atoms with Gasteiger partial charge in [-0.25, -0.2) is 9.97 Å². The quantitative estimate of drug-likeness (QED) is 0.566. The van der Waals surface area contributed by atoms with E-state index in [2.05, 4.69) is 78.7 Å². The minimum atomic E-state index is 0.890. The van der Waals surface area contributed by atoms with Crippen LogP contribution in [0.25, 0.3) is 12.2 Å². The van der Waals surface area contributed by atoms with Crippen molar-refractivity contribution < 1.29 is 0 Å². The Balaban J connectivity index is 1.25. The lowest BCUT2D eigenvalue weighted by Gasteiger charge is -2.08. The summed E-state index contributed by atoms with van der Waals surface area (Å²) in [6.07, 6.45) is 15.0. The number of hydrogen-bond donors (Lipinski definition) is 0. The fourth-order valence-corrected chi connectivity index (χ4v) is 4.38. The number of rotatable bonds is 6. The van der Waals surface area contributed by atoms with Crippen LogP contribution in [0.4, 0.5) is 0 Å². The number of aryl methyl sites for hydroxylation is 5. The summed E-state index contributed by atoms with van der Waals surface area (Å²) < 4.78 is 0. The molecule has 2 heteroatoms. The highest BCUT2D eigenvalue weighted by atomic mass is 14.9. The number of allylic oxidation sites excluding steroid dienone is 2. The summed E-state index contributed by atoms with van der Waals surface area (Å²) in [6, 6.07) is 15.8. The molecule has 5 rings (SSSR count). The summed E-state index contributed by atoms with van der Waals surface area (Å²) >= 11 is 0. The van der Waals surface area contributed by atoms with Crippen LogP contribution in [0.5, 0.6) is 0 Å². The molecule has 2 aromatic carbocycles. The van der Waals surface area contributed by atoms with Gasteiger partial charge in [0.05, 0.1) is 0 Å². The first-order chi connectivity index (χ1) is 14.2. The molecular weight excluding hydrogens is 352 g/mol. The first kappa shape index (κ1) is 18.1. The third kappa shape index (κ3) is 4.07. The molecule has 0 atom stereocenters. The molecule has 0 spiro atoms. The van der Waals surface area contributed by atoms with Gasteiger partial charge in [0.25, 0.3) is 0 Å². The summed E-state index contributed by atoms with van der Waals surface area (Å²) in [5.74, 6) is 0.966. The van der Waals surface area contributed by atoms with Crippen LogP contribution in [0, 0.1) is 6.92 Å². The third-order valence-corrected chi connectivity index (χ3v) is 5.95. The van der Waals surface area contributed by atoms with E-state index in [0.29, 0.717) is 0 Å². The Bertz CT molecular complexity index is 1040. The fraction of sp³-hybridized carbons (Fsp3) is 0.259. The molecule has 29 heavy (non-hydrogen) atoms. The molecule has 0 saturated heterocycles. The largest absolute Gasteiger partial charge is 0.238 e. The molecule has 0 saturated carbocycles. The maximum Gasteiger partial charge on any atom is 0.129 e. The van der Waals surface area contributed by atoms with Gasteiger partial charge in [0, 0.05) is 17.8 Å². The molecule has 1 heterocycles. The average Bonchev–Trinajstić information content (AvgIpc) is 3.38. The van der Waals surface area contributed by atoms with Gasteiger partial charge in [0.15, 0.2) is 0 Å². The second-order valence-corrected chi connectivity index (χ2v) is 8.20. The molecule has 0 amide bonds. The van der Waals surface area contributed by atoms with Gasteiger partial charge < -0.3 is 0 Å². The zero-order chi connectivity index (χ0) is 19.6.